The van der Waals surface area contributed by atoms with Crippen LogP contribution in [-0.2, 0) is 55.8 Å². The van der Waals surface area contributed by atoms with Crippen LogP contribution in [0.2, 0.25) is 0 Å². The molecule has 0 amide bonds. The number of aliphatic hydroxyl groups excluding tert-OH is 2. The summed E-state index contributed by atoms with van der Waals surface area (Å²) < 4.78 is 60.7. The van der Waals surface area contributed by atoms with Crippen LogP contribution in [0, 0.1) is 0 Å². The van der Waals surface area contributed by atoms with Crippen LogP contribution in [0.15, 0.2) is 122 Å². The molecule has 0 spiro atoms. The van der Waals surface area contributed by atoms with Crippen molar-refractivity contribution in [3.05, 3.63) is 122 Å². The van der Waals surface area contributed by atoms with E-state index in [1.807, 2.05) is 18.2 Å². The van der Waals surface area contributed by atoms with Crippen molar-refractivity contribution in [2.45, 2.75) is 257 Å². The van der Waals surface area contributed by atoms with Crippen molar-refractivity contribution < 1.29 is 75.8 Å². The average Bonchev–Trinajstić information content (AvgIpc) is 3.68. The molecular weight excluding hydrogens is 1150 g/mol. The minimum absolute atomic E-state index is 0.0573. The SMILES string of the molecule is CC/C=C\C/C=C\C/C=C\C/C=C\C/C=C\C/C=C\CCC(=O)OCC(O)COP(=O)(O)OCC(O)COP(=O)(O)OCC(COC(=O)CCCCCC/C=C\C/C=C\C/C=C\C/C=C\CC)OC(=O)CCCCCCCCCCCCCCCCC. The van der Waals surface area contributed by atoms with Crippen molar-refractivity contribution >= 4 is 33.6 Å². The predicted molar refractivity (Wildman–Crippen MR) is 353 cm³/mol. The number of ether oxygens (including phenoxy) is 3. The van der Waals surface area contributed by atoms with Gasteiger partial charge in [0.15, 0.2) is 6.10 Å². The Morgan fingerprint density at radius 2 is 0.632 bits per heavy atom. The summed E-state index contributed by atoms with van der Waals surface area (Å²) in [7, 11) is -9.80. The van der Waals surface area contributed by atoms with Gasteiger partial charge in [0.2, 0.25) is 0 Å². The Kier molecular flexibility index (Phi) is 59.3. The summed E-state index contributed by atoms with van der Waals surface area (Å²) in [6.45, 7) is 2.31. The van der Waals surface area contributed by atoms with E-state index in [0.29, 0.717) is 25.7 Å². The van der Waals surface area contributed by atoms with Crippen LogP contribution in [0.5, 0.6) is 0 Å². The zero-order valence-corrected chi connectivity index (χ0v) is 55.4. The van der Waals surface area contributed by atoms with Crippen LogP contribution in [0.4, 0.5) is 0 Å². The maximum absolute atomic E-state index is 12.9. The van der Waals surface area contributed by atoms with Gasteiger partial charge in [-0.15, -0.1) is 0 Å². The lowest BCUT2D eigenvalue weighted by molar-refractivity contribution is -0.161. The second-order valence-corrected chi connectivity index (χ2v) is 24.4. The molecule has 0 bridgehead atoms. The first-order valence-electron chi connectivity index (χ1n) is 32.8. The van der Waals surface area contributed by atoms with Crippen LogP contribution < -0.4 is 0 Å². The largest absolute Gasteiger partial charge is 0.472 e. The molecule has 0 aliphatic rings. The van der Waals surface area contributed by atoms with Crippen molar-refractivity contribution in [1.29, 1.82) is 0 Å². The van der Waals surface area contributed by atoms with Gasteiger partial charge in [0, 0.05) is 19.3 Å². The Hall–Kier alpha value is -4.05. The Balaban J connectivity index is 4.77. The van der Waals surface area contributed by atoms with Crippen LogP contribution in [-0.4, -0.2) is 95.9 Å². The van der Waals surface area contributed by atoms with E-state index < -0.39 is 91.5 Å². The second kappa shape index (κ2) is 62.2. The molecule has 4 N–H and O–H groups in total. The summed E-state index contributed by atoms with van der Waals surface area (Å²) in [5.74, 6) is -1.69. The molecule has 16 nitrogen and oxygen atoms in total. The van der Waals surface area contributed by atoms with E-state index in [1.165, 1.54) is 64.2 Å². The number of unbranched alkanes of at least 4 members (excludes halogenated alkanes) is 18. The first-order valence-corrected chi connectivity index (χ1v) is 35.8. The van der Waals surface area contributed by atoms with Gasteiger partial charge >= 0.3 is 33.6 Å². The standard InChI is InChI=1S/C69H116O16P2/c1-4-7-10-13-16-19-22-25-28-30-31-33-36-37-40-43-46-49-52-55-67(72)79-58-64(70)59-81-86(75,76)82-60-65(71)61-83-87(77,78)84-63-66(85-69(74)57-54-51-48-45-42-39-34-27-24-21-18-15-12-9-6-3)62-80-68(73)56-53-50-47-44-41-38-35-32-29-26-23-20-17-14-11-8-5-2/h7-8,10-11,16-17,19-20,25-26,28-29,31,33,35,37-38,40,46,49,64-66,70-71H,4-6,9,12-15,18,21-24,27,30,32,34,36,39,41-45,47-48,50-63H2,1-3H3,(H,75,76)(H,77,78)/b10-7-,11-8-,19-16-,20-17-,28-25-,29-26-,33-31-,38-35-,40-37-,49-46-. The molecule has 18 heteroatoms. The summed E-state index contributed by atoms with van der Waals surface area (Å²) in [5.41, 5.74) is 0. The highest BCUT2D eigenvalue weighted by Gasteiger charge is 2.29. The molecule has 5 unspecified atom stereocenters. The molecule has 0 radical (unpaired) electrons. The molecule has 5 atom stereocenters. The van der Waals surface area contributed by atoms with Gasteiger partial charge in [0.05, 0.1) is 26.4 Å². The van der Waals surface area contributed by atoms with E-state index in [2.05, 4.69) is 124 Å². The normalized spacial score (nSPS) is 15.1. The molecule has 0 aliphatic heterocycles. The molecule has 87 heavy (non-hydrogen) atoms. The molecule has 0 saturated carbocycles. The number of carbonyl (C=O) groups is 3. The molecule has 0 aromatic rings. The van der Waals surface area contributed by atoms with Crippen molar-refractivity contribution in [2.75, 3.05) is 39.6 Å². The number of hydrogen-bond acceptors (Lipinski definition) is 14. The van der Waals surface area contributed by atoms with Crippen molar-refractivity contribution in [2.24, 2.45) is 0 Å². The van der Waals surface area contributed by atoms with Crippen molar-refractivity contribution in [3.63, 3.8) is 0 Å². The molecular formula is C69H116O16P2. The summed E-state index contributed by atoms with van der Waals surface area (Å²) in [6, 6.07) is 0. The van der Waals surface area contributed by atoms with Crippen LogP contribution in [0.3, 0.4) is 0 Å². The first-order chi connectivity index (χ1) is 42.2. The smallest absolute Gasteiger partial charge is 0.463 e. The summed E-state index contributed by atoms with van der Waals surface area (Å²) in [5, 5.41) is 20.5. The second-order valence-electron chi connectivity index (χ2n) is 21.5. The number of hydrogen-bond donors (Lipinski definition) is 4. The predicted octanol–water partition coefficient (Wildman–Crippen LogP) is 17.9. The van der Waals surface area contributed by atoms with Gasteiger partial charge < -0.3 is 34.2 Å². The zero-order valence-electron chi connectivity index (χ0n) is 53.6. The van der Waals surface area contributed by atoms with Gasteiger partial charge in [0.1, 0.15) is 25.4 Å². The number of allylic oxidation sites excluding steroid dienone is 20. The van der Waals surface area contributed by atoms with E-state index in [9.17, 15) is 43.5 Å². The van der Waals surface area contributed by atoms with Crippen LogP contribution in [0.1, 0.15) is 239 Å². The molecule has 0 rings (SSSR count). The quantitative estimate of drug-likeness (QED) is 0.0146. The number of phosphoric ester groups is 2. The highest BCUT2D eigenvalue weighted by atomic mass is 31.2. The van der Waals surface area contributed by atoms with Gasteiger partial charge in [-0.2, -0.15) is 0 Å². The van der Waals surface area contributed by atoms with Gasteiger partial charge in [-0.05, 0) is 96.3 Å². The maximum Gasteiger partial charge on any atom is 0.472 e. The fraction of sp³-hybridized carbons (Fsp3) is 0.667. The Morgan fingerprint density at radius 3 is 1.03 bits per heavy atom. The molecule has 0 saturated heterocycles. The lowest BCUT2D eigenvalue weighted by Gasteiger charge is -2.21. The lowest BCUT2D eigenvalue weighted by Crippen LogP contribution is -2.30. The van der Waals surface area contributed by atoms with Crippen LogP contribution >= 0.6 is 15.6 Å². The third-order valence-electron chi connectivity index (χ3n) is 13.2. The fourth-order valence-electron chi connectivity index (χ4n) is 8.23. The van der Waals surface area contributed by atoms with Crippen molar-refractivity contribution in [3.8, 4) is 0 Å². The minimum atomic E-state index is -4.93. The van der Waals surface area contributed by atoms with E-state index in [1.54, 1.807) is 0 Å². The topological polar surface area (TPSA) is 231 Å². The zero-order chi connectivity index (χ0) is 63.8. The Labute approximate surface area is 525 Å². The highest BCUT2D eigenvalue weighted by Crippen LogP contribution is 2.45. The minimum Gasteiger partial charge on any atom is -0.463 e. The summed E-state index contributed by atoms with van der Waals surface area (Å²) in [4.78, 5) is 58.3. The van der Waals surface area contributed by atoms with Crippen molar-refractivity contribution in [1.82, 2.24) is 0 Å². The number of rotatable bonds is 61. The summed E-state index contributed by atoms with van der Waals surface area (Å²) in [6.07, 6.45) is 69.8. The number of carbonyl (C=O) groups excluding carboxylic acids is 3. The first kappa shape index (κ1) is 83.0. The number of esters is 3. The molecule has 0 aromatic carbocycles. The molecule has 498 valence electrons. The van der Waals surface area contributed by atoms with E-state index in [-0.39, 0.29) is 19.3 Å². The monoisotopic (exact) mass is 1260 g/mol. The molecule has 0 heterocycles. The third kappa shape index (κ3) is 63.3. The van der Waals surface area contributed by atoms with E-state index >= 15 is 0 Å². The van der Waals surface area contributed by atoms with Gasteiger partial charge in [0.25, 0.3) is 0 Å². The highest BCUT2D eigenvalue weighted by molar-refractivity contribution is 7.47. The van der Waals surface area contributed by atoms with Gasteiger partial charge in [-0.3, -0.25) is 32.5 Å². The van der Waals surface area contributed by atoms with E-state index in [4.69, 9.17) is 32.3 Å². The average molecular weight is 1260 g/mol. The molecule has 0 fully saturated rings. The fourth-order valence-corrected chi connectivity index (χ4v) is 9.82. The number of phosphoric acid groups is 2. The van der Waals surface area contributed by atoms with Gasteiger partial charge in [-0.1, -0.05) is 245 Å². The Bertz CT molecular complexity index is 2070. The molecule has 0 aromatic heterocycles. The maximum atomic E-state index is 12.9. The molecule has 0 aliphatic carbocycles. The summed E-state index contributed by atoms with van der Waals surface area (Å²) >= 11 is 0. The van der Waals surface area contributed by atoms with Gasteiger partial charge in [-0.25, -0.2) is 9.13 Å². The van der Waals surface area contributed by atoms with E-state index in [0.717, 1.165) is 109 Å². The number of aliphatic hydroxyl groups is 2. The van der Waals surface area contributed by atoms with Crippen LogP contribution in [0.25, 0.3) is 0 Å². The lowest BCUT2D eigenvalue weighted by atomic mass is 10.0. The Morgan fingerprint density at radius 1 is 0.333 bits per heavy atom. The third-order valence-corrected chi connectivity index (χ3v) is 15.1.